The van der Waals surface area contributed by atoms with Gasteiger partial charge in [-0.25, -0.2) is 0 Å². The van der Waals surface area contributed by atoms with E-state index in [1.54, 1.807) is 0 Å². The van der Waals surface area contributed by atoms with E-state index in [2.05, 4.69) is 34.5 Å². The van der Waals surface area contributed by atoms with E-state index in [1.807, 2.05) is 36.4 Å². The quantitative estimate of drug-likeness (QED) is 0.841. The zero-order valence-electron chi connectivity index (χ0n) is 11.3. The summed E-state index contributed by atoms with van der Waals surface area (Å²) in [4.78, 5) is 13.9. The van der Waals surface area contributed by atoms with E-state index in [1.165, 1.54) is 11.1 Å². The summed E-state index contributed by atoms with van der Waals surface area (Å²) in [5.41, 5.74) is 2.48. The van der Waals surface area contributed by atoms with Crippen molar-refractivity contribution in [1.29, 1.82) is 0 Å². The average molecular weight is 266 g/mol. The van der Waals surface area contributed by atoms with Crippen LogP contribution in [0.3, 0.4) is 0 Å². The van der Waals surface area contributed by atoms with Crippen LogP contribution in [0, 0.1) is 0 Å². The van der Waals surface area contributed by atoms with E-state index in [0.717, 1.165) is 19.6 Å². The van der Waals surface area contributed by atoms with Crippen LogP contribution in [0.5, 0.6) is 0 Å². The zero-order chi connectivity index (χ0) is 13.8. The molecule has 3 rings (SSSR count). The molecule has 1 aliphatic rings. The Balaban J connectivity index is 1.75. The van der Waals surface area contributed by atoms with Crippen molar-refractivity contribution in [2.75, 3.05) is 6.54 Å². The van der Waals surface area contributed by atoms with Gasteiger partial charge in [0.2, 0.25) is 5.91 Å². The zero-order valence-corrected chi connectivity index (χ0v) is 11.3. The Kier molecular flexibility index (Phi) is 3.79. The van der Waals surface area contributed by atoms with Crippen molar-refractivity contribution in [3.8, 4) is 0 Å². The molecule has 0 aromatic heterocycles. The number of carbonyl (C=O) groups excluding carboxylic acids is 1. The molecule has 3 heteroatoms. The highest BCUT2D eigenvalue weighted by atomic mass is 16.2. The van der Waals surface area contributed by atoms with Crippen molar-refractivity contribution in [3.05, 3.63) is 71.8 Å². The number of nitrogens with one attached hydrogen (secondary N) is 1. The number of carbonyl (C=O) groups is 1. The summed E-state index contributed by atoms with van der Waals surface area (Å²) >= 11 is 0. The van der Waals surface area contributed by atoms with E-state index in [4.69, 9.17) is 0 Å². The Morgan fingerprint density at radius 1 is 0.900 bits per heavy atom. The third-order valence-electron chi connectivity index (χ3n) is 3.67. The Morgan fingerprint density at radius 3 is 1.75 bits per heavy atom. The van der Waals surface area contributed by atoms with Gasteiger partial charge in [-0.3, -0.25) is 9.69 Å². The molecule has 0 saturated carbocycles. The fraction of sp³-hybridized carbons (Fsp3) is 0.235. The summed E-state index contributed by atoms with van der Waals surface area (Å²) in [6, 6.07) is 20.6. The minimum atomic E-state index is -0.00425. The Labute approximate surface area is 119 Å². The van der Waals surface area contributed by atoms with Gasteiger partial charge in [0.05, 0.1) is 0 Å². The number of β-lactam (4-membered cyclic amide) rings is 1. The highest BCUT2D eigenvalue weighted by Gasteiger charge is 2.33. The molecule has 0 spiro atoms. The van der Waals surface area contributed by atoms with Gasteiger partial charge in [-0.2, -0.15) is 0 Å². The highest BCUT2D eigenvalue weighted by molar-refractivity contribution is 5.87. The van der Waals surface area contributed by atoms with Crippen LogP contribution in [-0.4, -0.2) is 23.4 Å². The predicted octanol–water partition coefficient (Wildman–Crippen LogP) is 2.19. The maximum atomic E-state index is 11.7. The molecule has 1 amide bonds. The van der Waals surface area contributed by atoms with E-state index in [-0.39, 0.29) is 11.9 Å². The van der Waals surface area contributed by atoms with Crippen LogP contribution in [0.2, 0.25) is 0 Å². The topological polar surface area (TPSA) is 32.3 Å². The summed E-state index contributed by atoms with van der Waals surface area (Å²) in [6.07, 6.45) is 0. The molecule has 1 heterocycles. The summed E-state index contributed by atoms with van der Waals surface area (Å²) in [5, 5.41) is 2.83. The second kappa shape index (κ2) is 5.88. The van der Waals surface area contributed by atoms with Crippen LogP contribution in [0.25, 0.3) is 0 Å². The third kappa shape index (κ3) is 2.89. The standard InChI is InChI=1S/C17H18N2O/c20-17-16(11-18-17)19(12-14-7-3-1-4-8-14)13-15-9-5-2-6-10-15/h1-10,16H,11-13H2,(H,18,20). The summed E-state index contributed by atoms with van der Waals surface area (Å²) < 4.78 is 0. The minimum absolute atomic E-state index is 0.00425. The van der Waals surface area contributed by atoms with Crippen molar-refractivity contribution < 1.29 is 4.79 Å². The van der Waals surface area contributed by atoms with Crippen LogP contribution in [0.4, 0.5) is 0 Å². The first-order chi connectivity index (χ1) is 9.83. The fourth-order valence-electron chi connectivity index (χ4n) is 2.48. The molecule has 0 aliphatic carbocycles. The van der Waals surface area contributed by atoms with Crippen LogP contribution >= 0.6 is 0 Å². The number of benzene rings is 2. The van der Waals surface area contributed by atoms with Gasteiger partial charge < -0.3 is 5.32 Å². The van der Waals surface area contributed by atoms with Gasteiger partial charge in [0.15, 0.2) is 0 Å². The van der Waals surface area contributed by atoms with Crippen LogP contribution in [-0.2, 0) is 17.9 Å². The van der Waals surface area contributed by atoms with E-state index < -0.39 is 0 Å². The normalized spacial score (nSPS) is 17.6. The van der Waals surface area contributed by atoms with Gasteiger partial charge in [-0.15, -0.1) is 0 Å². The minimum Gasteiger partial charge on any atom is -0.353 e. The lowest BCUT2D eigenvalue weighted by atomic mass is 10.1. The van der Waals surface area contributed by atoms with Crippen LogP contribution in [0.15, 0.2) is 60.7 Å². The van der Waals surface area contributed by atoms with Gasteiger partial charge in [-0.1, -0.05) is 60.7 Å². The fourth-order valence-corrected chi connectivity index (χ4v) is 2.48. The largest absolute Gasteiger partial charge is 0.353 e. The van der Waals surface area contributed by atoms with Crippen molar-refractivity contribution in [2.24, 2.45) is 0 Å². The molecular weight excluding hydrogens is 248 g/mol. The molecule has 1 aliphatic heterocycles. The maximum absolute atomic E-state index is 11.7. The Hall–Kier alpha value is -2.13. The number of amides is 1. The predicted molar refractivity (Wildman–Crippen MR) is 78.9 cm³/mol. The average Bonchev–Trinajstić information content (AvgIpc) is 2.48. The van der Waals surface area contributed by atoms with Gasteiger partial charge >= 0.3 is 0 Å². The molecule has 20 heavy (non-hydrogen) atoms. The second-order valence-corrected chi connectivity index (χ2v) is 5.14. The molecule has 1 saturated heterocycles. The highest BCUT2D eigenvalue weighted by Crippen LogP contribution is 2.16. The lowest BCUT2D eigenvalue weighted by molar-refractivity contribution is -0.133. The molecule has 0 radical (unpaired) electrons. The van der Waals surface area contributed by atoms with Crippen LogP contribution in [0.1, 0.15) is 11.1 Å². The molecule has 2 aromatic rings. The van der Waals surface area contributed by atoms with Gasteiger partial charge in [0.25, 0.3) is 0 Å². The number of nitrogens with zero attached hydrogens (tertiary/aromatic N) is 1. The monoisotopic (exact) mass is 266 g/mol. The molecule has 0 bridgehead atoms. The Bertz CT molecular complexity index is 527. The number of rotatable bonds is 5. The maximum Gasteiger partial charge on any atom is 0.239 e. The van der Waals surface area contributed by atoms with Crippen molar-refractivity contribution >= 4 is 5.91 Å². The molecule has 1 N–H and O–H groups in total. The first-order valence-corrected chi connectivity index (χ1v) is 6.92. The second-order valence-electron chi connectivity index (χ2n) is 5.14. The van der Waals surface area contributed by atoms with Gasteiger partial charge in [0, 0.05) is 19.6 Å². The first-order valence-electron chi connectivity index (χ1n) is 6.92. The molecular formula is C17H18N2O. The van der Waals surface area contributed by atoms with Crippen molar-refractivity contribution in [2.45, 2.75) is 19.1 Å². The molecule has 102 valence electrons. The van der Waals surface area contributed by atoms with Crippen LogP contribution < -0.4 is 5.32 Å². The smallest absolute Gasteiger partial charge is 0.239 e. The summed E-state index contributed by atoms with van der Waals surface area (Å²) in [5.74, 6) is 0.136. The molecule has 2 aromatic carbocycles. The third-order valence-corrected chi connectivity index (χ3v) is 3.67. The first kappa shape index (κ1) is 12.9. The number of hydrogen-bond acceptors (Lipinski definition) is 2. The molecule has 1 fully saturated rings. The SMILES string of the molecule is O=C1NCC1N(Cc1ccccc1)Cc1ccccc1. The van der Waals surface area contributed by atoms with Gasteiger partial charge in [0.1, 0.15) is 6.04 Å². The molecule has 1 unspecified atom stereocenters. The van der Waals surface area contributed by atoms with Crippen molar-refractivity contribution in [1.82, 2.24) is 10.2 Å². The van der Waals surface area contributed by atoms with Gasteiger partial charge in [-0.05, 0) is 11.1 Å². The van der Waals surface area contributed by atoms with E-state index in [0.29, 0.717) is 0 Å². The molecule has 3 nitrogen and oxygen atoms in total. The van der Waals surface area contributed by atoms with Crippen molar-refractivity contribution in [3.63, 3.8) is 0 Å². The van der Waals surface area contributed by atoms with E-state index >= 15 is 0 Å². The Morgan fingerprint density at radius 2 is 1.40 bits per heavy atom. The molecule has 1 atom stereocenters. The summed E-state index contributed by atoms with van der Waals surface area (Å²) in [7, 11) is 0. The summed E-state index contributed by atoms with van der Waals surface area (Å²) in [6.45, 7) is 2.35. The lowest BCUT2D eigenvalue weighted by Crippen LogP contribution is -2.61. The number of hydrogen-bond donors (Lipinski definition) is 1. The lowest BCUT2D eigenvalue weighted by Gasteiger charge is -2.37. The van der Waals surface area contributed by atoms with E-state index in [9.17, 15) is 4.79 Å².